The molecule has 196 valence electrons. The number of amides is 2. The second kappa shape index (κ2) is 11.7. The van der Waals surface area contributed by atoms with Crippen LogP contribution in [0.5, 0.6) is 0 Å². The number of carbonyl (C=O) groups excluding carboxylic acids is 2. The molecule has 0 saturated heterocycles. The molecule has 0 atom stereocenters. The smallest absolute Gasteiger partial charge is 0.411 e. The maximum absolute atomic E-state index is 13.2. The average Bonchev–Trinajstić information content (AvgIpc) is 3.26. The molecule has 0 radical (unpaired) electrons. The fraction of sp³-hybridized carbons (Fsp3) is 0.129. The highest BCUT2D eigenvalue weighted by atomic mass is 127. The van der Waals surface area contributed by atoms with Gasteiger partial charge < -0.3 is 14.7 Å². The summed E-state index contributed by atoms with van der Waals surface area (Å²) in [5.41, 5.74) is 6.22. The standard InChI is InChI=1S/C31H25IN2O5/c32-27-16-21(30(37)34(18-29(35)36)17-20-8-2-1-3-9-20)14-15-28(27)33-31(38)39-19-26-24-12-6-4-10-22(24)23-11-5-7-13-25(23)26/h1-16,26H,17-19H2,(H,33,38)(H,35,36). The summed E-state index contributed by atoms with van der Waals surface area (Å²) in [5, 5.41) is 12.1. The number of anilines is 1. The van der Waals surface area contributed by atoms with Crippen LogP contribution in [0.2, 0.25) is 0 Å². The van der Waals surface area contributed by atoms with E-state index < -0.39 is 24.5 Å². The average molecular weight is 632 g/mol. The molecule has 7 nitrogen and oxygen atoms in total. The summed E-state index contributed by atoms with van der Waals surface area (Å²) in [6, 6.07) is 30.3. The van der Waals surface area contributed by atoms with Crippen molar-refractivity contribution >= 4 is 46.2 Å². The Balaban J connectivity index is 1.25. The summed E-state index contributed by atoms with van der Waals surface area (Å²) in [6.07, 6.45) is -0.592. The van der Waals surface area contributed by atoms with Gasteiger partial charge in [0.25, 0.3) is 5.91 Å². The van der Waals surface area contributed by atoms with Gasteiger partial charge in [-0.3, -0.25) is 14.9 Å². The number of benzene rings is 4. The van der Waals surface area contributed by atoms with Crippen LogP contribution in [0, 0.1) is 3.57 Å². The highest BCUT2D eigenvalue weighted by molar-refractivity contribution is 14.1. The number of ether oxygens (including phenoxy) is 1. The molecule has 1 aliphatic rings. The van der Waals surface area contributed by atoms with Crippen LogP contribution < -0.4 is 5.32 Å². The molecular formula is C31H25IN2O5. The lowest BCUT2D eigenvalue weighted by Gasteiger charge is -2.21. The summed E-state index contributed by atoms with van der Waals surface area (Å²) in [6.45, 7) is -0.0665. The van der Waals surface area contributed by atoms with E-state index in [2.05, 4.69) is 29.6 Å². The van der Waals surface area contributed by atoms with Crippen LogP contribution in [0.15, 0.2) is 97.1 Å². The van der Waals surface area contributed by atoms with E-state index in [0.717, 1.165) is 27.8 Å². The van der Waals surface area contributed by atoms with E-state index in [1.807, 2.05) is 77.2 Å². The highest BCUT2D eigenvalue weighted by Gasteiger charge is 2.29. The lowest BCUT2D eigenvalue weighted by atomic mass is 9.98. The Kier molecular flexibility index (Phi) is 7.92. The first-order valence-electron chi connectivity index (χ1n) is 12.4. The van der Waals surface area contributed by atoms with E-state index in [1.165, 1.54) is 4.90 Å². The fourth-order valence-electron chi connectivity index (χ4n) is 4.84. The minimum Gasteiger partial charge on any atom is -0.480 e. The number of carboxylic acids is 1. The third-order valence-corrected chi connectivity index (χ3v) is 7.52. The van der Waals surface area contributed by atoms with E-state index in [0.29, 0.717) is 14.8 Å². The third-order valence-electron chi connectivity index (χ3n) is 6.63. The summed E-state index contributed by atoms with van der Waals surface area (Å²) < 4.78 is 6.26. The second-order valence-electron chi connectivity index (χ2n) is 9.19. The van der Waals surface area contributed by atoms with Crippen LogP contribution in [0.1, 0.15) is 33.0 Å². The molecule has 0 aliphatic heterocycles. The largest absolute Gasteiger partial charge is 0.480 e. The Morgan fingerprint density at radius 3 is 2.08 bits per heavy atom. The minimum absolute atomic E-state index is 0.0490. The molecule has 4 aromatic carbocycles. The Hall–Kier alpha value is -4.18. The number of rotatable bonds is 8. The van der Waals surface area contributed by atoms with E-state index in [1.54, 1.807) is 18.2 Å². The lowest BCUT2D eigenvalue weighted by Crippen LogP contribution is -2.35. The zero-order valence-electron chi connectivity index (χ0n) is 20.8. The molecular weight excluding hydrogens is 607 g/mol. The molecule has 39 heavy (non-hydrogen) atoms. The first kappa shape index (κ1) is 26.4. The van der Waals surface area contributed by atoms with Gasteiger partial charge in [0.15, 0.2) is 0 Å². The molecule has 0 bridgehead atoms. The van der Waals surface area contributed by atoms with Gasteiger partial charge in [0.05, 0.1) is 5.69 Å². The highest BCUT2D eigenvalue weighted by Crippen LogP contribution is 2.44. The van der Waals surface area contributed by atoms with Crippen LogP contribution in [0.4, 0.5) is 10.5 Å². The monoisotopic (exact) mass is 632 g/mol. The van der Waals surface area contributed by atoms with Gasteiger partial charge in [-0.05, 0) is 68.6 Å². The molecule has 2 amide bonds. The molecule has 0 spiro atoms. The van der Waals surface area contributed by atoms with Gasteiger partial charge >= 0.3 is 12.1 Å². The Morgan fingerprint density at radius 1 is 0.846 bits per heavy atom. The number of nitrogens with zero attached hydrogens (tertiary/aromatic N) is 1. The van der Waals surface area contributed by atoms with Crippen LogP contribution >= 0.6 is 22.6 Å². The van der Waals surface area contributed by atoms with E-state index >= 15 is 0 Å². The summed E-state index contributed by atoms with van der Waals surface area (Å²) in [7, 11) is 0. The Labute approximate surface area is 239 Å². The first-order valence-corrected chi connectivity index (χ1v) is 13.4. The third kappa shape index (κ3) is 5.96. The second-order valence-corrected chi connectivity index (χ2v) is 10.3. The number of nitrogens with one attached hydrogen (secondary N) is 1. The molecule has 1 aliphatic carbocycles. The summed E-state index contributed by atoms with van der Waals surface area (Å²) in [4.78, 5) is 38.6. The van der Waals surface area contributed by atoms with Gasteiger partial charge in [0.1, 0.15) is 13.2 Å². The maximum atomic E-state index is 13.2. The fourth-order valence-corrected chi connectivity index (χ4v) is 5.49. The van der Waals surface area contributed by atoms with Crippen molar-refractivity contribution < 1.29 is 24.2 Å². The van der Waals surface area contributed by atoms with Crippen molar-refractivity contribution in [3.8, 4) is 11.1 Å². The number of fused-ring (bicyclic) bond motifs is 3. The van der Waals surface area contributed by atoms with Crippen molar-refractivity contribution in [3.05, 3.63) is 123 Å². The number of halogens is 1. The van der Waals surface area contributed by atoms with Gasteiger partial charge in [0, 0.05) is 21.6 Å². The van der Waals surface area contributed by atoms with Crippen molar-refractivity contribution in [3.63, 3.8) is 0 Å². The first-order chi connectivity index (χ1) is 18.9. The van der Waals surface area contributed by atoms with Gasteiger partial charge in [0.2, 0.25) is 0 Å². The number of carboxylic acid groups (broad SMARTS) is 1. The quantitative estimate of drug-likeness (QED) is 0.220. The molecule has 8 heteroatoms. The van der Waals surface area contributed by atoms with Gasteiger partial charge in [-0.2, -0.15) is 0 Å². The molecule has 0 aromatic heterocycles. The maximum Gasteiger partial charge on any atom is 0.411 e. The SMILES string of the molecule is O=C(O)CN(Cc1ccccc1)C(=O)c1ccc(NC(=O)OCC2c3ccccc3-c3ccccc32)c(I)c1. The summed E-state index contributed by atoms with van der Waals surface area (Å²) in [5.74, 6) is -1.55. The molecule has 0 saturated carbocycles. The van der Waals surface area contributed by atoms with Crippen molar-refractivity contribution in [1.29, 1.82) is 0 Å². The van der Waals surface area contributed by atoms with Gasteiger partial charge in [-0.15, -0.1) is 0 Å². The van der Waals surface area contributed by atoms with Gasteiger partial charge in [-0.25, -0.2) is 4.79 Å². The van der Waals surface area contributed by atoms with Crippen molar-refractivity contribution in [2.45, 2.75) is 12.5 Å². The molecule has 2 N–H and O–H groups in total. The number of hydrogen-bond acceptors (Lipinski definition) is 4. The molecule has 0 unspecified atom stereocenters. The molecule has 4 aromatic rings. The molecule has 5 rings (SSSR count). The van der Waals surface area contributed by atoms with Crippen LogP contribution in [-0.4, -0.2) is 41.1 Å². The Morgan fingerprint density at radius 2 is 1.46 bits per heavy atom. The van der Waals surface area contributed by atoms with Crippen LogP contribution in [-0.2, 0) is 16.1 Å². The van der Waals surface area contributed by atoms with Crippen molar-refractivity contribution in [1.82, 2.24) is 4.90 Å². The lowest BCUT2D eigenvalue weighted by molar-refractivity contribution is -0.137. The number of hydrogen-bond donors (Lipinski definition) is 2. The normalized spacial score (nSPS) is 11.8. The van der Waals surface area contributed by atoms with Gasteiger partial charge in [-0.1, -0.05) is 78.9 Å². The van der Waals surface area contributed by atoms with E-state index in [-0.39, 0.29) is 19.1 Å². The van der Waals surface area contributed by atoms with Crippen LogP contribution in [0.3, 0.4) is 0 Å². The van der Waals surface area contributed by atoms with Crippen LogP contribution in [0.25, 0.3) is 11.1 Å². The number of carbonyl (C=O) groups is 3. The van der Waals surface area contributed by atoms with E-state index in [4.69, 9.17) is 4.74 Å². The zero-order chi connectivity index (χ0) is 27.4. The Bertz CT molecular complexity index is 1490. The van der Waals surface area contributed by atoms with Crippen molar-refractivity contribution in [2.24, 2.45) is 0 Å². The van der Waals surface area contributed by atoms with E-state index in [9.17, 15) is 19.5 Å². The number of aliphatic carboxylic acids is 1. The topological polar surface area (TPSA) is 95.9 Å². The molecule has 0 fully saturated rings. The summed E-state index contributed by atoms with van der Waals surface area (Å²) >= 11 is 2.03. The predicted octanol–water partition coefficient (Wildman–Crippen LogP) is 6.38. The predicted molar refractivity (Wildman–Crippen MR) is 157 cm³/mol. The van der Waals surface area contributed by atoms with Crippen molar-refractivity contribution in [2.75, 3.05) is 18.5 Å². The minimum atomic E-state index is -1.09. The zero-order valence-corrected chi connectivity index (χ0v) is 23.0. The molecule has 0 heterocycles.